The number of anilines is 1. The Morgan fingerprint density at radius 1 is 0.882 bits per heavy atom. The van der Waals surface area contributed by atoms with Gasteiger partial charge in [-0.1, -0.05) is 18.2 Å². The fourth-order valence-corrected chi connectivity index (χ4v) is 4.39. The van der Waals surface area contributed by atoms with Crippen molar-refractivity contribution in [1.29, 1.82) is 0 Å². The first kappa shape index (κ1) is 20.1. The van der Waals surface area contributed by atoms with Gasteiger partial charge in [-0.3, -0.25) is 4.79 Å². The highest BCUT2D eigenvalue weighted by Gasteiger charge is 2.23. The number of amides is 1. The van der Waals surface area contributed by atoms with Gasteiger partial charge in [0.2, 0.25) is 6.79 Å². The van der Waals surface area contributed by atoms with Crippen LogP contribution in [0.4, 0.5) is 5.69 Å². The van der Waals surface area contributed by atoms with E-state index in [0.717, 1.165) is 21.9 Å². The molecule has 0 bridgehead atoms. The topological polar surface area (TPSA) is 90.9 Å². The Labute approximate surface area is 193 Å². The maximum atomic E-state index is 13.2. The number of hydrogen-bond donors (Lipinski definition) is 1. The van der Waals surface area contributed by atoms with E-state index in [-0.39, 0.29) is 12.7 Å². The molecule has 0 radical (unpaired) electrons. The van der Waals surface area contributed by atoms with Gasteiger partial charge < -0.3 is 23.6 Å². The average molecular weight is 453 g/mol. The third-order valence-corrected chi connectivity index (χ3v) is 5.89. The normalized spacial score (nSPS) is 12.4. The molecular formula is C27H19NO6. The summed E-state index contributed by atoms with van der Waals surface area (Å²) in [6.45, 7) is 3.99. The lowest BCUT2D eigenvalue weighted by atomic mass is 10.0. The highest BCUT2D eigenvalue weighted by Crippen LogP contribution is 2.41. The Kier molecular flexibility index (Phi) is 4.45. The van der Waals surface area contributed by atoms with Crippen molar-refractivity contribution in [1.82, 2.24) is 0 Å². The maximum Gasteiger partial charge on any atom is 0.336 e. The van der Waals surface area contributed by atoms with Gasteiger partial charge in [0.25, 0.3) is 5.91 Å². The Morgan fingerprint density at radius 2 is 1.71 bits per heavy atom. The lowest BCUT2D eigenvalue weighted by molar-refractivity contribution is 0.102. The number of hydrogen-bond acceptors (Lipinski definition) is 6. The van der Waals surface area contributed by atoms with E-state index < -0.39 is 5.63 Å². The molecule has 1 aliphatic heterocycles. The number of furan rings is 1. The summed E-state index contributed by atoms with van der Waals surface area (Å²) in [5.74, 6) is 1.16. The van der Waals surface area contributed by atoms with E-state index in [1.807, 2.05) is 50.2 Å². The SMILES string of the molecule is Cc1cc(C)c2oc(=O)cc(-c3oc4ccccc4c3NC(=O)c3ccc4c(c3)OCO4)c2c1. The number of aryl methyl sites for hydroxylation is 2. The fourth-order valence-electron chi connectivity index (χ4n) is 4.39. The quantitative estimate of drug-likeness (QED) is 0.347. The number of benzene rings is 3. The van der Waals surface area contributed by atoms with Crippen LogP contribution >= 0.6 is 0 Å². The molecule has 0 aliphatic carbocycles. The summed E-state index contributed by atoms with van der Waals surface area (Å²) in [6, 6.07) is 17.7. The lowest BCUT2D eigenvalue weighted by Crippen LogP contribution is -2.12. The third-order valence-electron chi connectivity index (χ3n) is 5.89. The van der Waals surface area contributed by atoms with E-state index >= 15 is 0 Å². The molecule has 34 heavy (non-hydrogen) atoms. The summed E-state index contributed by atoms with van der Waals surface area (Å²) in [7, 11) is 0. The van der Waals surface area contributed by atoms with Crippen LogP contribution in [0.3, 0.4) is 0 Å². The molecule has 168 valence electrons. The van der Waals surface area contributed by atoms with Crippen molar-refractivity contribution in [3.05, 3.63) is 87.8 Å². The molecule has 0 spiro atoms. The summed E-state index contributed by atoms with van der Waals surface area (Å²) >= 11 is 0. The monoisotopic (exact) mass is 453 g/mol. The number of fused-ring (bicyclic) bond motifs is 3. The molecule has 7 nitrogen and oxygen atoms in total. The van der Waals surface area contributed by atoms with E-state index in [1.165, 1.54) is 6.07 Å². The van der Waals surface area contributed by atoms with Crippen molar-refractivity contribution in [2.24, 2.45) is 0 Å². The maximum absolute atomic E-state index is 13.2. The molecule has 1 N–H and O–H groups in total. The molecule has 2 aromatic heterocycles. The summed E-state index contributed by atoms with van der Waals surface area (Å²) in [4.78, 5) is 25.7. The van der Waals surface area contributed by atoms with E-state index in [4.69, 9.17) is 18.3 Å². The molecule has 1 aliphatic rings. The summed E-state index contributed by atoms with van der Waals surface area (Å²) < 4.78 is 22.4. The third kappa shape index (κ3) is 3.21. The summed E-state index contributed by atoms with van der Waals surface area (Å²) in [6.07, 6.45) is 0. The second-order valence-electron chi connectivity index (χ2n) is 8.26. The molecule has 0 saturated heterocycles. The second kappa shape index (κ2) is 7.52. The predicted molar refractivity (Wildman–Crippen MR) is 128 cm³/mol. The predicted octanol–water partition coefficient (Wildman–Crippen LogP) is 5.80. The van der Waals surface area contributed by atoms with E-state index in [1.54, 1.807) is 18.2 Å². The Hall–Kier alpha value is -4.52. The standard InChI is InChI=1S/C27H19NO6/c1-14-9-15(2)25-18(10-14)19(12-23(29)34-25)26-24(17-5-3-4-6-20(17)33-26)28-27(30)16-7-8-21-22(11-16)32-13-31-21/h3-12H,13H2,1-2H3,(H,28,30). The molecule has 3 aromatic carbocycles. The zero-order valence-corrected chi connectivity index (χ0v) is 18.4. The van der Waals surface area contributed by atoms with Crippen molar-refractivity contribution >= 4 is 33.5 Å². The number of nitrogens with one attached hydrogen (secondary N) is 1. The number of carbonyl (C=O) groups excluding carboxylic acids is 1. The zero-order valence-electron chi connectivity index (χ0n) is 18.4. The van der Waals surface area contributed by atoms with Gasteiger partial charge in [0.15, 0.2) is 17.3 Å². The van der Waals surface area contributed by atoms with Gasteiger partial charge >= 0.3 is 5.63 Å². The van der Waals surface area contributed by atoms with Crippen LogP contribution in [0.5, 0.6) is 11.5 Å². The lowest BCUT2D eigenvalue weighted by Gasteiger charge is -2.10. The molecular weight excluding hydrogens is 434 g/mol. The van der Waals surface area contributed by atoms with Gasteiger partial charge in [-0.2, -0.15) is 0 Å². The van der Waals surface area contributed by atoms with Gasteiger partial charge in [0, 0.05) is 28.0 Å². The van der Waals surface area contributed by atoms with Crippen molar-refractivity contribution < 1.29 is 23.1 Å². The van der Waals surface area contributed by atoms with Crippen LogP contribution in [0.25, 0.3) is 33.3 Å². The van der Waals surface area contributed by atoms with Crippen molar-refractivity contribution in [2.75, 3.05) is 12.1 Å². The number of ether oxygens (including phenoxy) is 2. The van der Waals surface area contributed by atoms with Gasteiger partial charge in [0.1, 0.15) is 11.2 Å². The van der Waals surface area contributed by atoms with Gasteiger partial charge in [-0.25, -0.2) is 4.79 Å². The minimum Gasteiger partial charge on any atom is -0.454 e. The van der Waals surface area contributed by atoms with Crippen LogP contribution in [0.2, 0.25) is 0 Å². The van der Waals surface area contributed by atoms with Crippen LogP contribution in [0.1, 0.15) is 21.5 Å². The largest absolute Gasteiger partial charge is 0.454 e. The first-order valence-corrected chi connectivity index (χ1v) is 10.8. The van der Waals surface area contributed by atoms with Crippen LogP contribution in [-0.4, -0.2) is 12.7 Å². The van der Waals surface area contributed by atoms with Gasteiger partial charge in [0.05, 0.1) is 5.69 Å². The molecule has 5 aromatic rings. The number of carbonyl (C=O) groups is 1. The second-order valence-corrected chi connectivity index (χ2v) is 8.26. The Morgan fingerprint density at radius 3 is 2.59 bits per heavy atom. The van der Waals surface area contributed by atoms with Crippen molar-refractivity contribution in [2.45, 2.75) is 13.8 Å². The number of para-hydroxylation sites is 1. The molecule has 7 heteroatoms. The highest BCUT2D eigenvalue weighted by atomic mass is 16.7. The first-order chi connectivity index (χ1) is 16.5. The highest BCUT2D eigenvalue weighted by molar-refractivity contribution is 6.13. The average Bonchev–Trinajstić information content (AvgIpc) is 3.43. The molecule has 0 atom stereocenters. The van der Waals surface area contributed by atoms with Crippen LogP contribution in [-0.2, 0) is 0 Å². The minimum atomic E-state index is -0.497. The van der Waals surface area contributed by atoms with Crippen LogP contribution < -0.4 is 20.4 Å². The van der Waals surface area contributed by atoms with Crippen LogP contribution in [0.15, 0.2) is 74.3 Å². The van der Waals surface area contributed by atoms with E-state index in [0.29, 0.717) is 45.2 Å². The molecule has 1 amide bonds. The first-order valence-electron chi connectivity index (χ1n) is 10.8. The molecule has 0 unspecified atom stereocenters. The van der Waals surface area contributed by atoms with Crippen LogP contribution in [0, 0.1) is 13.8 Å². The molecule has 0 saturated carbocycles. The summed E-state index contributed by atoms with van der Waals surface area (Å²) in [5.41, 5.74) is 3.87. The van der Waals surface area contributed by atoms with E-state index in [2.05, 4.69) is 5.32 Å². The fraction of sp³-hybridized carbons (Fsp3) is 0.111. The zero-order chi connectivity index (χ0) is 23.4. The Balaban J connectivity index is 1.54. The molecule has 6 rings (SSSR count). The van der Waals surface area contributed by atoms with Crippen molar-refractivity contribution in [3.8, 4) is 22.8 Å². The molecule has 3 heterocycles. The van der Waals surface area contributed by atoms with Gasteiger partial charge in [-0.15, -0.1) is 0 Å². The van der Waals surface area contributed by atoms with Gasteiger partial charge in [-0.05, 0) is 61.4 Å². The van der Waals surface area contributed by atoms with E-state index in [9.17, 15) is 9.59 Å². The summed E-state index contributed by atoms with van der Waals surface area (Å²) in [5, 5.41) is 4.44. The smallest absolute Gasteiger partial charge is 0.336 e. The number of rotatable bonds is 3. The minimum absolute atomic E-state index is 0.124. The Bertz CT molecular complexity index is 1680. The molecule has 0 fully saturated rings. The van der Waals surface area contributed by atoms with Crippen molar-refractivity contribution in [3.63, 3.8) is 0 Å².